The lowest BCUT2D eigenvalue weighted by molar-refractivity contribution is -0.154. The second kappa shape index (κ2) is 5.70. The quantitative estimate of drug-likeness (QED) is 0.766. The van der Waals surface area contributed by atoms with E-state index >= 15 is 0 Å². The molecule has 1 aromatic heterocycles. The highest BCUT2D eigenvalue weighted by Crippen LogP contribution is 2.27. The summed E-state index contributed by atoms with van der Waals surface area (Å²) in [5, 5.41) is 0. The molecule has 0 N–H and O–H groups in total. The van der Waals surface area contributed by atoms with Crippen LogP contribution in [0.15, 0.2) is 12.3 Å². The number of ether oxygens (including phenoxy) is 2. The van der Waals surface area contributed by atoms with Gasteiger partial charge in [-0.15, -0.1) is 0 Å². The third-order valence-electron chi connectivity index (χ3n) is 1.90. The fourth-order valence-corrected chi connectivity index (χ4v) is 1.14. The third-order valence-corrected chi connectivity index (χ3v) is 1.90. The first kappa shape index (κ1) is 14.3. The van der Waals surface area contributed by atoms with Crippen molar-refractivity contribution >= 4 is 5.78 Å². The van der Waals surface area contributed by atoms with Gasteiger partial charge in [0.25, 0.3) is 5.88 Å². The van der Waals surface area contributed by atoms with Crippen LogP contribution in [-0.4, -0.2) is 30.2 Å². The average molecular weight is 263 g/mol. The number of carbonyl (C=O) groups excluding carboxylic acids is 1. The Bertz CT molecular complexity index is 432. The molecule has 1 heterocycles. The second-order valence-corrected chi connectivity index (χ2v) is 3.42. The Balaban J connectivity index is 2.92. The predicted molar refractivity (Wildman–Crippen MR) is 57.0 cm³/mol. The molecular weight excluding hydrogens is 251 g/mol. The monoisotopic (exact) mass is 263 g/mol. The van der Waals surface area contributed by atoms with Crippen molar-refractivity contribution in [3.8, 4) is 11.6 Å². The highest BCUT2D eigenvalue weighted by atomic mass is 19.4. The summed E-state index contributed by atoms with van der Waals surface area (Å²) >= 11 is 0. The standard InChI is InChI=1S/C11H12F3NO3/c1-3-17-9-4-8(7(2)16)5-15-10(9)18-6-11(12,13)14/h4-5H,3,6H2,1-2H3. The van der Waals surface area contributed by atoms with Crippen LogP contribution in [0.3, 0.4) is 0 Å². The molecule has 0 atom stereocenters. The normalized spacial score (nSPS) is 11.2. The molecule has 4 nitrogen and oxygen atoms in total. The molecule has 7 heteroatoms. The minimum atomic E-state index is -4.45. The molecule has 18 heavy (non-hydrogen) atoms. The SMILES string of the molecule is CCOc1cc(C(C)=O)cnc1OCC(F)(F)F. The van der Waals surface area contributed by atoms with Gasteiger partial charge in [-0.1, -0.05) is 0 Å². The molecule has 0 amide bonds. The second-order valence-electron chi connectivity index (χ2n) is 3.42. The average Bonchev–Trinajstić information content (AvgIpc) is 2.26. The molecule has 0 saturated carbocycles. The van der Waals surface area contributed by atoms with Crippen molar-refractivity contribution in [1.82, 2.24) is 4.98 Å². The summed E-state index contributed by atoms with van der Waals surface area (Å²) in [6.45, 7) is 1.75. The number of Topliss-reactive ketones (excluding diaryl/α,β-unsaturated/α-hetero) is 1. The lowest BCUT2D eigenvalue weighted by Crippen LogP contribution is -2.20. The Morgan fingerprint density at radius 2 is 2.06 bits per heavy atom. The molecule has 0 radical (unpaired) electrons. The van der Waals surface area contributed by atoms with Gasteiger partial charge >= 0.3 is 6.18 Å². The van der Waals surface area contributed by atoms with Gasteiger partial charge in [-0.25, -0.2) is 4.98 Å². The zero-order valence-electron chi connectivity index (χ0n) is 9.87. The van der Waals surface area contributed by atoms with E-state index in [9.17, 15) is 18.0 Å². The summed E-state index contributed by atoms with van der Waals surface area (Å²) in [6.07, 6.45) is -3.30. The fourth-order valence-electron chi connectivity index (χ4n) is 1.14. The summed E-state index contributed by atoms with van der Waals surface area (Å²) in [5.74, 6) is -0.514. The molecule has 0 aliphatic rings. The third kappa shape index (κ3) is 4.23. The van der Waals surface area contributed by atoms with Crippen molar-refractivity contribution in [2.24, 2.45) is 0 Å². The maximum atomic E-state index is 12.0. The van der Waals surface area contributed by atoms with Crippen molar-refractivity contribution in [3.63, 3.8) is 0 Å². The first-order valence-electron chi connectivity index (χ1n) is 5.17. The van der Waals surface area contributed by atoms with Gasteiger partial charge in [0.1, 0.15) is 0 Å². The molecule has 0 bridgehead atoms. The summed E-state index contributed by atoms with van der Waals surface area (Å²) in [5.41, 5.74) is 0.248. The van der Waals surface area contributed by atoms with Crippen molar-refractivity contribution in [2.45, 2.75) is 20.0 Å². The van der Waals surface area contributed by atoms with E-state index in [0.717, 1.165) is 6.20 Å². The van der Waals surface area contributed by atoms with E-state index in [-0.39, 0.29) is 29.6 Å². The van der Waals surface area contributed by atoms with Gasteiger partial charge in [-0.05, 0) is 19.9 Å². The maximum Gasteiger partial charge on any atom is 0.422 e. The molecule has 0 spiro atoms. The number of rotatable bonds is 5. The smallest absolute Gasteiger partial charge is 0.422 e. The van der Waals surface area contributed by atoms with Crippen LogP contribution in [0, 0.1) is 0 Å². The number of ketones is 1. The molecule has 0 unspecified atom stereocenters. The van der Waals surface area contributed by atoms with Crippen LogP contribution in [0.1, 0.15) is 24.2 Å². The van der Waals surface area contributed by atoms with E-state index in [4.69, 9.17) is 4.74 Å². The summed E-state index contributed by atoms with van der Waals surface area (Å²) in [6, 6.07) is 1.31. The molecule has 0 fully saturated rings. The highest BCUT2D eigenvalue weighted by molar-refractivity contribution is 5.94. The molecular formula is C11H12F3NO3. The van der Waals surface area contributed by atoms with E-state index in [2.05, 4.69) is 9.72 Å². The number of nitrogens with zero attached hydrogens (tertiary/aromatic N) is 1. The summed E-state index contributed by atoms with van der Waals surface area (Å²) in [7, 11) is 0. The number of hydrogen-bond donors (Lipinski definition) is 0. The number of halogens is 3. The lowest BCUT2D eigenvalue weighted by atomic mass is 10.2. The highest BCUT2D eigenvalue weighted by Gasteiger charge is 2.29. The van der Waals surface area contributed by atoms with Crippen LogP contribution in [-0.2, 0) is 0 Å². The molecule has 100 valence electrons. The Labute approximate surface area is 102 Å². The van der Waals surface area contributed by atoms with E-state index < -0.39 is 12.8 Å². The zero-order chi connectivity index (χ0) is 13.8. The number of pyridine rings is 1. The number of carbonyl (C=O) groups is 1. The maximum absolute atomic E-state index is 12.0. The van der Waals surface area contributed by atoms with Gasteiger partial charge in [0.2, 0.25) is 0 Å². The Morgan fingerprint density at radius 3 is 2.56 bits per heavy atom. The molecule has 0 aliphatic carbocycles. The van der Waals surface area contributed by atoms with Crippen LogP contribution in [0.25, 0.3) is 0 Å². The molecule has 1 rings (SSSR count). The number of aromatic nitrogens is 1. The van der Waals surface area contributed by atoms with Crippen molar-refractivity contribution in [1.29, 1.82) is 0 Å². The van der Waals surface area contributed by atoms with Gasteiger partial charge in [0.15, 0.2) is 18.1 Å². The van der Waals surface area contributed by atoms with E-state index in [0.29, 0.717) is 0 Å². The lowest BCUT2D eigenvalue weighted by Gasteiger charge is -2.12. The molecule has 0 aliphatic heterocycles. The largest absolute Gasteiger partial charge is 0.488 e. The van der Waals surface area contributed by atoms with Crippen LogP contribution in [0.2, 0.25) is 0 Å². The van der Waals surface area contributed by atoms with Crippen LogP contribution >= 0.6 is 0 Å². The van der Waals surface area contributed by atoms with Gasteiger partial charge in [0, 0.05) is 11.8 Å². The minimum Gasteiger partial charge on any atom is -0.488 e. The van der Waals surface area contributed by atoms with Crippen molar-refractivity contribution < 1.29 is 27.4 Å². The first-order chi connectivity index (χ1) is 8.33. The fraction of sp³-hybridized carbons (Fsp3) is 0.455. The first-order valence-corrected chi connectivity index (χ1v) is 5.17. The van der Waals surface area contributed by atoms with Crippen LogP contribution in [0.5, 0.6) is 11.6 Å². The Kier molecular flexibility index (Phi) is 4.52. The molecule has 0 saturated heterocycles. The Morgan fingerprint density at radius 1 is 1.39 bits per heavy atom. The summed E-state index contributed by atoms with van der Waals surface area (Å²) in [4.78, 5) is 14.8. The number of alkyl halides is 3. The van der Waals surface area contributed by atoms with Gasteiger partial charge in [0.05, 0.1) is 6.61 Å². The minimum absolute atomic E-state index is 0.0226. The van der Waals surface area contributed by atoms with E-state index in [1.807, 2.05) is 0 Å². The van der Waals surface area contributed by atoms with Gasteiger partial charge < -0.3 is 9.47 Å². The predicted octanol–water partition coefficient (Wildman–Crippen LogP) is 2.62. The van der Waals surface area contributed by atoms with Gasteiger partial charge in [-0.3, -0.25) is 4.79 Å². The number of hydrogen-bond acceptors (Lipinski definition) is 4. The van der Waals surface area contributed by atoms with E-state index in [1.165, 1.54) is 13.0 Å². The van der Waals surface area contributed by atoms with Crippen LogP contribution in [0.4, 0.5) is 13.2 Å². The zero-order valence-corrected chi connectivity index (χ0v) is 9.87. The molecule has 1 aromatic rings. The van der Waals surface area contributed by atoms with Crippen molar-refractivity contribution in [3.05, 3.63) is 17.8 Å². The summed E-state index contributed by atoms with van der Waals surface area (Å²) < 4.78 is 45.7. The van der Waals surface area contributed by atoms with E-state index in [1.54, 1.807) is 6.92 Å². The van der Waals surface area contributed by atoms with Crippen LogP contribution < -0.4 is 9.47 Å². The topological polar surface area (TPSA) is 48.4 Å². The van der Waals surface area contributed by atoms with Crippen molar-refractivity contribution in [2.75, 3.05) is 13.2 Å². The molecule has 0 aromatic carbocycles. The van der Waals surface area contributed by atoms with Gasteiger partial charge in [-0.2, -0.15) is 13.2 Å². The Hall–Kier alpha value is -1.79.